The van der Waals surface area contributed by atoms with E-state index in [9.17, 15) is 8.78 Å². The Balaban J connectivity index is 1.90. The van der Waals surface area contributed by atoms with Crippen LogP contribution in [-0.4, -0.2) is 12.5 Å². The van der Waals surface area contributed by atoms with E-state index in [4.69, 9.17) is 10.00 Å². The van der Waals surface area contributed by atoms with Gasteiger partial charge in [-0.2, -0.15) is 5.26 Å². The van der Waals surface area contributed by atoms with E-state index in [-0.39, 0.29) is 12.5 Å². The summed E-state index contributed by atoms with van der Waals surface area (Å²) in [7, 11) is 0. The fourth-order valence-electron chi connectivity index (χ4n) is 3.22. The third kappa shape index (κ3) is 5.14. The summed E-state index contributed by atoms with van der Waals surface area (Å²) in [6.07, 6.45) is 4.24. The van der Waals surface area contributed by atoms with Gasteiger partial charge in [0, 0.05) is 0 Å². The van der Waals surface area contributed by atoms with Gasteiger partial charge in [0.1, 0.15) is 6.10 Å². The number of alkyl halides is 2. The van der Waals surface area contributed by atoms with Crippen molar-refractivity contribution in [3.05, 3.63) is 47.5 Å². The quantitative estimate of drug-likeness (QED) is 0.684. The highest BCUT2D eigenvalue weighted by atomic mass is 19.3. The molecule has 1 saturated carbocycles. The number of nitrogens with zero attached hydrogens (tertiary/aromatic N) is 1. The van der Waals surface area contributed by atoms with Crippen LogP contribution in [0.3, 0.4) is 0 Å². The van der Waals surface area contributed by atoms with E-state index in [1.165, 1.54) is 0 Å². The van der Waals surface area contributed by atoms with Gasteiger partial charge in [-0.25, -0.2) is 8.78 Å². The van der Waals surface area contributed by atoms with Crippen molar-refractivity contribution in [1.29, 1.82) is 5.26 Å². The van der Waals surface area contributed by atoms with E-state index >= 15 is 0 Å². The van der Waals surface area contributed by atoms with Crippen LogP contribution in [0, 0.1) is 23.2 Å². The third-order valence-electron chi connectivity index (χ3n) is 4.52. The van der Waals surface area contributed by atoms with Gasteiger partial charge in [-0.05, 0) is 62.1 Å². The van der Waals surface area contributed by atoms with Gasteiger partial charge in [0.25, 0.3) is 6.43 Å². The maximum absolute atomic E-state index is 13.4. The number of rotatable bonds is 6. The molecule has 0 aromatic heterocycles. The Kier molecular flexibility index (Phi) is 6.73. The van der Waals surface area contributed by atoms with Crippen LogP contribution in [0.1, 0.15) is 43.7 Å². The Morgan fingerprint density at radius 2 is 1.87 bits per heavy atom. The lowest BCUT2D eigenvalue weighted by molar-refractivity contribution is -0.101. The fraction of sp³-hybridized carbons (Fsp3) is 0.526. The van der Waals surface area contributed by atoms with Gasteiger partial charge < -0.3 is 4.74 Å². The van der Waals surface area contributed by atoms with E-state index in [0.29, 0.717) is 11.5 Å². The van der Waals surface area contributed by atoms with Gasteiger partial charge in [-0.15, -0.1) is 0 Å². The minimum atomic E-state index is -2.46. The van der Waals surface area contributed by atoms with Crippen LogP contribution < -0.4 is 0 Å². The van der Waals surface area contributed by atoms with Gasteiger partial charge in [-0.3, -0.25) is 0 Å². The highest BCUT2D eigenvalue weighted by Crippen LogP contribution is 2.35. The molecule has 1 fully saturated rings. The Labute approximate surface area is 136 Å². The van der Waals surface area contributed by atoms with Crippen LogP contribution in [0.25, 0.3) is 0 Å². The van der Waals surface area contributed by atoms with Gasteiger partial charge in [0.2, 0.25) is 0 Å². The lowest BCUT2D eigenvalue weighted by Gasteiger charge is -2.32. The van der Waals surface area contributed by atoms with Crippen LogP contribution in [0.5, 0.6) is 0 Å². The first-order valence-corrected chi connectivity index (χ1v) is 8.15. The molecule has 1 unspecified atom stereocenters. The first kappa shape index (κ1) is 17.6. The minimum absolute atomic E-state index is 0.0742. The number of ether oxygens (including phenoxy) is 1. The molecular formula is C19H23F2NO. The van der Waals surface area contributed by atoms with Gasteiger partial charge in [0.05, 0.1) is 18.2 Å². The SMILES string of the molecule is C/C=C/C1CCC(C(OCc2ccc(C#N)cc2)C(F)F)CC1. The molecule has 1 atom stereocenters. The number of benzene rings is 1. The molecule has 124 valence electrons. The largest absolute Gasteiger partial charge is 0.367 e. The van der Waals surface area contributed by atoms with Crippen molar-refractivity contribution in [3.63, 3.8) is 0 Å². The molecule has 4 heteroatoms. The smallest absolute Gasteiger partial charge is 0.264 e. The summed E-state index contributed by atoms with van der Waals surface area (Å²) in [4.78, 5) is 0. The monoisotopic (exact) mass is 319 g/mol. The normalized spacial score (nSPS) is 23.1. The highest BCUT2D eigenvalue weighted by Gasteiger charge is 2.33. The molecule has 0 spiro atoms. The zero-order valence-electron chi connectivity index (χ0n) is 13.4. The third-order valence-corrected chi connectivity index (χ3v) is 4.52. The average molecular weight is 319 g/mol. The highest BCUT2D eigenvalue weighted by molar-refractivity contribution is 5.31. The molecule has 1 aliphatic rings. The van der Waals surface area contributed by atoms with E-state index in [1.54, 1.807) is 24.3 Å². The molecule has 23 heavy (non-hydrogen) atoms. The molecular weight excluding hydrogens is 296 g/mol. The van der Waals surface area contributed by atoms with Crippen molar-refractivity contribution < 1.29 is 13.5 Å². The molecule has 0 radical (unpaired) electrons. The van der Waals surface area contributed by atoms with Crippen molar-refractivity contribution in [2.75, 3.05) is 0 Å². The lowest BCUT2D eigenvalue weighted by Crippen LogP contribution is -2.33. The molecule has 1 aromatic carbocycles. The van der Waals surface area contributed by atoms with Crippen molar-refractivity contribution in [3.8, 4) is 6.07 Å². The molecule has 0 N–H and O–H groups in total. The summed E-state index contributed by atoms with van der Waals surface area (Å²) in [6.45, 7) is 2.16. The molecule has 1 aromatic rings. The zero-order valence-corrected chi connectivity index (χ0v) is 13.4. The van der Waals surface area contributed by atoms with Crippen LogP contribution in [0.2, 0.25) is 0 Å². The minimum Gasteiger partial charge on any atom is -0.367 e. The zero-order chi connectivity index (χ0) is 16.7. The van der Waals surface area contributed by atoms with E-state index < -0.39 is 12.5 Å². The van der Waals surface area contributed by atoms with E-state index in [0.717, 1.165) is 31.2 Å². The number of nitriles is 1. The van der Waals surface area contributed by atoms with Crippen molar-refractivity contribution in [2.24, 2.45) is 11.8 Å². The van der Waals surface area contributed by atoms with Crippen LogP contribution in [-0.2, 0) is 11.3 Å². The van der Waals surface area contributed by atoms with Gasteiger partial charge in [0.15, 0.2) is 0 Å². The number of hydrogen-bond acceptors (Lipinski definition) is 2. The summed E-state index contributed by atoms with van der Waals surface area (Å²) in [5.41, 5.74) is 1.37. The standard InChI is InChI=1S/C19H23F2NO/c1-2-3-14-8-10-17(11-9-14)18(19(20)21)23-13-16-6-4-15(12-22)5-7-16/h2-7,14,17-19H,8-11,13H2,1H3/b3-2+. The predicted molar refractivity (Wildman–Crippen MR) is 86.0 cm³/mol. The van der Waals surface area contributed by atoms with Gasteiger partial charge in [-0.1, -0.05) is 24.3 Å². The summed E-state index contributed by atoms with van der Waals surface area (Å²) < 4.78 is 32.3. The van der Waals surface area contributed by atoms with Gasteiger partial charge >= 0.3 is 0 Å². The Bertz CT molecular complexity index is 539. The van der Waals surface area contributed by atoms with Crippen LogP contribution in [0.15, 0.2) is 36.4 Å². The second kappa shape index (κ2) is 8.79. The second-order valence-electron chi connectivity index (χ2n) is 6.12. The second-order valence-corrected chi connectivity index (χ2v) is 6.12. The Morgan fingerprint density at radius 1 is 1.22 bits per heavy atom. The molecule has 2 rings (SSSR count). The topological polar surface area (TPSA) is 33.0 Å². The van der Waals surface area contributed by atoms with Crippen LogP contribution in [0.4, 0.5) is 8.78 Å². The van der Waals surface area contributed by atoms with Crippen molar-refractivity contribution in [2.45, 2.75) is 51.7 Å². The summed E-state index contributed by atoms with van der Waals surface area (Å²) >= 11 is 0. The number of allylic oxidation sites excluding steroid dienone is 2. The molecule has 2 nitrogen and oxygen atoms in total. The summed E-state index contributed by atoms with van der Waals surface area (Å²) in [6, 6.07) is 8.90. The summed E-state index contributed by atoms with van der Waals surface area (Å²) in [5, 5.41) is 8.76. The van der Waals surface area contributed by atoms with Crippen LogP contribution >= 0.6 is 0 Å². The van der Waals surface area contributed by atoms with E-state index in [1.807, 2.05) is 19.1 Å². The molecule has 0 aliphatic heterocycles. The average Bonchev–Trinajstić information content (AvgIpc) is 2.57. The molecule has 0 heterocycles. The Morgan fingerprint density at radius 3 is 2.39 bits per heavy atom. The number of halogens is 2. The maximum atomic E-state index is 13.4. The molecule has 0 saturated heterocycles. The van der Waals surface area contributed by atoms with E-state index in [2.05, 4.69) is 6.08 Å². The molecule has 0 bridgehead atoms. The molecule has 1 aliphatic carbocycles. The van der Waals surface area contributed by atoms with Crippen molar-refractivity contribution >= 4 is 0 Å². The first-order valence-electron chi connectivity index (χ1n) is 8.15. The summed E-state index contributed by atoms with van der Waals surface area (Å²) in [5.74, 6) is 0.447. The maximum Gasteiger partial charge on any atom is 0.264 e. The molecule has 0 amide bonds. The fourth-order valence-corrected chi connectivity index (χ4v) is 3.22. The number of hydrogen-bond donors (Lipinski definition) is 0. The predicted octanol–water partition coefficient (Wildman–Crippen LogP) is 5.09. The lowest BCUT2D eigenvalue weighted by atomic mass is 9.79. The first-order chi connectivity index (χ1) is 11.1. The Hall–Kier alpha value is -1.73. The van der Waals surface area contributed by atoms with Crippen molar-refractivity contribution in [1.82, 2.24) is 0 Å².